The summed E-state index contributed by atoms with van der Waals surface area (Å²) in [6, 6.07) is 6.17. The van der Waals surface area contributed by atoms with Gasteiger partial charge in [-0.3, -0.25) is 4.79 Å². The molecule has 0 radical (unpaired) electrons. The van der Waals surface area contributed by atoms with Crippen molar-refractivity contribution in [3.63, 3.8) is 0 Å². The molecule has 2 aliphatic rings. The molecule has 11 nitrogen and oxygen atoms in total. The molecular formula is C25H36N6O5S. The highest BCUT2D eigenvalue weighted by Crippen LogP contribution is 2.22. The van der Waals surface area contributed by atoms with Crippen molar-refractivity contribution in [2.24, 2.45) is 5.92 Å². The monoisotopic (exact) mass is 532 g/mol. The highest BCUT2D eigenvalue weighted by Gasteiger charge is 2.26. The summed E-state index contributed by atoms with van der Waals surface area (Å²) in [5.74, 6) is 0.997. The van der Waals surface area contributed by atoms with E-state index >= 15 is 0 Å². The summed E-state index contributed by atoms with van der Waals surface area (Å²) in [6.07, 6.45) is 5.48. The van der Waals surface area contributed by atoms with Gasteiger partial charge in [0, 0.05) is 51.3 Å². The zero-order chi connectivity index (χ0) is 26.1. The van der Waals surface area contributed by atoms with E-state index in [-0.39, 0.29) is 10.8 Å². The maximum atomic E-state index is 13.2. The van der Waals surface area contributed by atoms with Crippen LogP contribution >= 0.6 is 0 Å². The lowest BCUT2D eigenvalue weighted by molar-refractivity contribution is 0.0699. The van der Waals surface area contributed by atoms with Gasteiger partial charge in [0.05, 0.1) is 18.1 Å². The SMILES string of the molecule is CCCCNc1ncc(C(=O)Nc2ccc(S(=O)(=O)N3CCOCC3)cc2)c(NCC2CCOCC2)n1. The minimum Gasteiger partial charge on any atom is -0.381 e. The molecule has 2 aromatic rings. The highest BCUT2D eigenvalue weighted by atomic mass is 32.2. The Bertz CT molecular complexity index is 1130. The maximum absolute atomic E-state index is 13.2. The lowest BCUT2D eigenvalue weighted by Crippen LogP contribution is -2.40. The van der Waals surface area contributed by atoms with E-state index in [9.17, 15) is 13.2 Å². The summed E-state index contributed by atoms with van der Waals surface area (Å²) in [7, 11) is -3.60. The van der Waals surface area contributed by atoms with E-state index in [2.05, 4.69) is 32.8 Å². The van der Waals surface area contributed by atoms with Gasteiger partial charge >= 0.3 is 0 Å². The van der Waals surface area contributed by atoms with Crippen molar-refractivity contribution >= 4 is 33.4 Å². The smallest absolute Gasteiger partial charge is 0.260 e. The van der Waals surface area contributed by atoms with Crippen molar-refractivity contribution in [1.29, 1.82) is 0 Å². The first kappa shape index (κ1) is 27.2. The van der Waals surface area contributed by atoms with Crippen molar-refractivity contribution in [2.75, 3.05) is 68.6 Å². The summed E-state index contributed by atoms with van der Waals surface area (Å²) in [5.41, 5.74) is 0.796. The van der Waals surface area contributed by atoms with Crippen LogP contribution in [-0.2, 0) is 19.5 Å². The minimum atomic E-state index is -3.60. The first-order valence-corrected chi connectivity index (χ1v) is 14.3. The van der Waals surface area contributed by atoms with Gasteiger partial charge in [0.2, 0.25) is 16.0 Å². The van der Waals surface area contributed by atoms with E-state index in [1.54, 1.807) is 12.1 Å². The summed E-state index contributed by atoms with van der Waals surface area (Å²) < 4.78 is 37.8. The fourth-order valence-corrected chi connectivity index (χ4v) is 5.59. The van der Waals surface area contributed by atoms with Crippen molar-refractivity contribution in [3.05, 3.63) is 36.0 Å². The number of rotatable bonds is 11. The largest absolute Gasteiger partial charge is 0.381 e. The zero-order valence-corrected chi connectivity index (χ0v) is 22.1. The standard InChI is InChI=1S/C25H36N6O5S/c1-2-3-10-26-25-28-18-22(23(30-25)27-17-19-8-13-35-14-9-19)24(32)29-20-4-6-21(7-5-20)37(33,34)31-11-15-36-16-12-31/h4-7,18-19H,2-3,8-17H2,1H3,(H,29,32)(H2,26,27,28,30). The third-order valence-electron chi connectivity index (χ3n) is 6.47. The number of benzene rings is 1. The third kappa shape index (κ3) is 7.37. The van der Waals surface area contributed by atoms with Gasteiger partial charge in [0.25, 0.3) is 5.91 Å². The average Bonchev–Trinajstić information content (AvgIpc) is 2.93. The number of carbonyl (C=O) groups excluding carboxylic acids is 1. The molecule has 0 unspecified atom stereocenters. The van der Waals surface area contributed by atoms with Crippen LogP contribution in [0.15, 0.2) is 35.4 Å². The van der Waals surface area contributed by atoms with Gasteiger partial charge in [-0.1, -0.05) is 13.3 Å². The normalized spacial score (nSPS) is 17.3. The Morgan fingerprint density at radius 3 is 2.46 bits per heavy atom. The van der Waals surface area contributed by atoms with E-state index in [1.807, 2.05) is 0 Å². The Kier molecular flexibility index (Phi) is 9.67. The Morgan fingerprint density at radius 1 is 1.05 bits per heavy atom. The Hall–Kier alpha value is -2.80. The molecule has 0 bridgehead atoms. The topological polar surface area (TPSA) is 135 Å². The molecule has 1 aromatic carbocycles. The minimum absolute atomic E-state index is 0.178. The van der Waals surface area contributed by atoms with E-state index in [4.69, 9.17) is 9.47 Å². The number of nitrogens with one attached hydrogen (secondary N) is 3. The average molecular weight is 533 g/mol. The molecule has 1 amide bonds. The first-order valence-electron chi connectivity index (χ1n) is 12.9. The van der Waals surface area contributed by atoms with Gasteiger partial charge in [-0.15, -0.1) is 0 Å². The molecule has 0 atom stereocenters. The van der Waals surface area contributed by atoms with Crippen LogP contribution in [0.5, 0.6) is 0 Å². The fourth-order valence-electron chi connectivity index (χ4n) is 4.18. The molecule has 2 fully saturated rings. The summed E-state index contributed by atoms with van der Waals surface area (Å²) in [4.78, 5) is 22.3. The molecule has 12 heteroatoms. The Balaban J connectivity index is 1.46. The van der Waals surface area contributed by atoms with Gasteiger partial charge in [-0.05, 0) is 49.4 Å². The number of ether oxygens (including phenoxy) is 2. The van der Waals surface area contributed by atoms with E-state index < -0.39 is 10.0 Å². The van der Waals surface area contributed by atoms with Gasteiger partial charge in [0.15, 0.2) is 0 Å². The number of hydrogen-bond donors (Lipinski definition) is 3. The molecular weight excluding hydrogens is 496 g/mol. The quantitative estimate of drug-likeness (QED) is 0.373. The second kappa shape index (κ2) is 13.1. The summed E-state index contributed by atoms with van der Waals surface area (Å²) >= 11 is 0. The van der Waals surface area contributed by atoms with Gasteiger partial charge in [-0.2, -0.15) is 9.29 Å². The van der Waals surface area contributed by atoms with Gasteiger partial charge < -0.3 is 25.4 Å². The Labute approximate surface area is 218 Å². The number of morpholine rings is 1. The van der Waals surface area contributed by atoms with Crippen molar-refractivity contribution in [2.45, 2.75) is 37.5 Å². The molecule has 37 heavy (non-hydrogen) atoms. The number of nitrogens with zero attached hydrogens (tertiary/aromatic N) is 3. The molecule has 0 spiro atoms. The van der Waals surface area contributed by atoms with Crippen LogP contribution in [-0.4, -0.2) is 81.2 Å². The Morgan fingerprint density at radius 2 is 1.76 bits per heavy atom. The second-order valence-electron chi connectivity index (χ2n) is 9.17. The van der Waals surface area contributed by atoms with Crippen molar-refractivity contribution in [3.8, 4) is 0 Å². The molecule has 0 aliphatic carbocycles. The number of hydrogen-bond acceptors (Lipinski definition) is 9. The molecule has 2 saturated heterocycles. The molecule has 3 N–H and O–H groups in total. The van der Waals surface area contributed by atoms with Crippen molar-refractivity contribution in [1.82, 2.24) is 14.3 Å². The summed E-state index contributed by atoms with van der Waals surface area (Å²) in [5, 5.41) is 9.39. The predicted octanol–water partition coefficient (Wildman–Crippen LogP) is 2.80. The van der Waals surface area contributed by atoms with Gasteiger partial charge in [-0.25, -0.2) is 13.4 Å². The second-order valence-corrected chi connectivity index (χ2v) is 11.1. The van der Waals surface area contributed by atoms with Crippen LogP contribution in [0.4, 0.5) is 17.5 Å². The maximum Gasteiger partial charge on any atom is 0.260 e. The zero-order valence-electron chi connectivity index (χ0n) is 21.2. The van der Waals surface area contributed by atoms with Crippen molar-refractivity contribution < 1.29 is 22.7 Å². The number of carbonyl (C=O) groups is 1. The molecule has 3 heterocycles. The molecule has 0 saturated carbocycles. The third-order valence-corrected chi connectivity index (χ3v) is 8.38. The number of anilines is 3. The highest BCUT2D eigenvalue weighted by molar-refractivity contribution is 7.89. The number of amides is 1. The van der Waals surface area contributed by atoms with E-state index in [0.717, 1.165) is 45.4 Å². The van der Waals surface area contributed by atoms with Crippen LogP contribution in [0.1, 0.15) is 43.0 Å². The van der Waals surface area contributed by atoms with Crippen LogP contribution in [0.25, 0.3) is 0 Å². The first-order chi connectivity index (χ1) is 18.0. The molecule has 202 valence electrons. The lowest BCUT2D eigenvalue weighted by atomic mass is 10.0. The predicted molar refractivity (Wildman–Crippen MR) is 141 cm³/mol. The number of sulfonamides is 1. The molecule has 1 aromatic heterocycles. The van der Waals surface area contributed by atoms with Crippen LogP contribution in [0.3, 0.4) is 0 Å². The number of unbranched alkanes of at least 4 members (excludes halogenated alkanes) is 1. The van der Waals surface area contributed by atoms with E-state index in [1.165, 1.54) is 22.6 Å². The van der Waals surface area contributed by atoms with E-state index in [0.29, 0.717) is 61.8 Å². The molecule has 2 aliphatic heterocycles. The van der Waals surface area contributed by atoms with Crippen LogP contribution in [0, 0.1) is 5.92 Å². The van der Waals surface area contributed by atoms with Crippen LogP contribution in [0.2, 0.25) is 0 Å². The van der Waals surface area contributed by atoms with Crippen LogP contribution < -0.4 is 16.0 Å². The number of aromatic nitrogens is 2. The fraction of sp³-hybridized carbons (Fsp3) is 0.560. The van der Waals surface area contributed by atoms with Gasteiger partial charge in [0.1, 0.15) is 11.4 Å². The summed E-state index contributed by atoms with van der Waals surface area (Å²) in [6.45, 7) is 6.45. The lowest BCUT2D eigenvalue weighted by Gasteiger charge is -2.26. The molecule has 4 rings (SSSR count).